The van der Waals surface area contributed by atoms with Crippen LogP contribution in [-0.4, -0.2) is 101 Å². The standard InChI is InChI=1S/C40H56N3O11PS/c1-28(2)25-43(56(47,48)34-17-15-32(49-5)16-18-34)26-37(44)36(42-40(45)52-38-27-51-39-35(38)19-21-50-39)23-30-11-13-31(14-12-30)24-41-20-22-55(46,53-29(3)4)54-33-9-7-6-8-10-33/h6-18,28-29,35-39,41,44H,19-27H2,1-5H3,(H,42,45)/t35-,36-,37+,38?,39+,55?/m0/s1. The third kappa shape index (κ3) is 12.5. The van der Waals surface area contributed by atoms with E-state index in [1.807, 2.05) is 70.2 Å². The Balaban J connectivity index is 1.25. The number of methoxy groups -OCH3 is 1. The largest absolute Gasteiger partial charge is 0.497 e. The smallest absolute Gasteiger partial charge is 0.407 e. The SMILES string of the molecule is COc1ccc(S(=O)(=O)N(CC(C)C)C[C@@H](O)[C@H](Cc2ccc(CNCCP(=O)(Oc3ccccc3)OC(C)C)cc2)NC(=O)OC2CO[C@H]3OCC[C@@H]23)cc1. The molecule has 2 aliphatic heterocycles. The van der Waals surface area contributed by atoms with Crippen LogP contribution < -0.4 is 19.9 Å². The van der Waals surface area contributed by atoms with Crippen molar-refractivity contribution in [1.29, 1.82) is 0 Å². The fourth-order valence-electron chi connectivity index (χ4n) is 6.64. The third-order valence-electron chi connectivity index (χ3n) is 9.40. The lowest BCUT2D eigenvalue weighted by molar-refractivity contribution is -0.0907. The van der Waals surface area contributed by atoms with Gasteiger partial charge in [0, 0.05) is 26.2 Å². The maximum Gasteiger partial charge on any atom is 0.407 e. The molecule has 308 valence electrons. The van der Waals surface area contributed by atoms with Crippen molar-refractivity contribution in [2.75, 3.05) is 46.1 Å². The van der Waals surface area contributed by atoms with Crippen molar-refractivity contribution in [2.45, 2.75) is 82.6 Å². The zero-order chi connectivity index (χ0) is 40.3. The first kappa shape index (κ1) is 43.6. The molecule has 1 amide bonds. The van der Waals surface area contributed by atoms with Crippen LogP contribution in [0.25, 0.3) is 0 Å². The zero-order valence-corrected chi connectivity index (χ0v) is 34.5. The highest BCUT2D eigenvalue weighted by Gasteiger charge is 2.44. The molecule has 3 aromatic carbocycles. The predicted molar refractivity (Wildman–Crippen MR) is 211 cm³/mol. The Hall–Kier alpha value is -3.53. The van der Waals surface area contributed by atoms with Gasteiger partial charge in [-0.1, -0.05) is 56.3 Å². The summed E-state index contributed by atoms with van der Waals surface area (Å²) in [4.78, 5) is 13.4. The highest BCUT2D eigenvalue weighted by Crippen LogP contribution is 2.49. The van der Waals surface area contributed by atoms with Crippen LogP contribution in [-0.2, 0) is 46.3 Å². The van der Waals surface area contributed by atoms with Gasteiger partial charge in [0.25, 0.3) is 0 Å². The van der Waals surface area contributed by atoms with Crippen molar-refractivity contribution >= 4 is 23.7 Å². The molecule has 3 aromatic rings. The number of nitrogens with zero attached hydrogens (tertiary/aromatic N) is 1. The number of para-hydroxylation sites is 1. The summed E-state index contributed by atoms with van der Waals surface area (Å²) in [6.45, 7) is 8.87. The van der Waals surface area contributed by atoms with E-state index < -0.39 is 48.3 Å². The van der Waals surface area contributed by atoms with Gasteiger partial charge in [-0.3, -0.25) is 4.52 Å². The maximum atomic E-state index is 13.9. The van der Waals surface area contributed by atoms with Crippen molar-refractivity contribution < 1.29 is 50.9 Å². The Labute approximate surface area is 330 Å². The number of aliphatic hydroxyl groups is 1. The second-order valence-electron chi connectivity index (χ2n) is 14.8. The first-order valence-corrected chi connectivity index (χ1v) is 22.2. The molecule has 2 heterocycles. The van der Waals surface area contributed by atoms with Gasteiger partial charge in [-0.25, -0.2) is 17.8 Å². The van der Waals surface area contributed by atoms with E-state index in [1.54, 1.807) is 24.3 Å². The Bertz CT molecular complexity index is 1830. The van der Waals surface area contributed by atoms with E-state index in [-0.39, 0.29) is 55.1 Å². The topological polar surface area (TPSA) is 171 Å². The molecule has 6 atom stereocenters. The van der Waals surface area contributed by atoms with Crippen LogP contribution in [0, 0.1) is 11.8 Å². The minimum absolute atomic E-state index is 0.0530. The van der Waals surface area contributed by atoms with Gasteiger partial charge >= 0.3 is 13.7 Å². The molecule has 3 N–H and O–H groups in total. The molecule has 2 saturated heterocycles. The number of nitrogens with one attached hydrogen (secondary N) is 2. The summed E-state index contributed by atoms with van der Waals surface area (Å²) < 4.78 is 76.2. The van der Waals surface area contributed by atoms with Gasteiger partial charge in [0.05, 0.1) is 55.5 Å². The van der Waals surface area contributed by atoms with Gasteiger partial charge in [-0.15, -0.1) is 0 Å². The molecule has 2 fully saturated rings. The molecule has 56 heavy (non-hydrogen) atoms. The van der Waals surface area contributed by atoms with Crippen molar-refractivity contribution in [1.82, 2.24) is 14.9 Å². The van der Waals surface area contributed by atoms with E-state index in [0.29, 0.717) is 37.6 Å². The molecule has 0 saturated carbocycles. The zero-order valence-electron chi connectivity index (χ0n) is 32.7. The molecule has 2 unspecified atom stereocenters. The summed E-state index contributed by atoms with van der Waals surface area (Å²) in [7, 11) is -5.94. The van der Waals surface area contributed by atoms with Gasteiger partial charge < -0.3 is 39.2 Å². The molecule has 2 aliphatic rings. The molecule has 5 rings (SSSR count). The summed E-state index contributed by atoms with van der Waals surface area (Å²) in [6.07, 6.45) is -2.17. The lowest BCUT2D eigenvalue weighted by Gasteiger charge is -2.31. The van der Waals surface area contributed by atoms with Crippen molar-refractivity contribution in [3.63, 3.8) is 0 Å². The average Bonchev–Trinajstić information content (AvgIpc) is 3.78. The predicted octanol–water partition coefficient (Wildman–Crippen LogP) is 5.59. The molecule has 0 spiro atoms. The molecule has 14 nitrogen and oxygen atoms in total. The number of amides is 1. The number of rotatable bonds is 21. The molecular weight excluding hydrogens is 761 g/mol. The first-order chi connectivity index (χ1) is 26.7. The van der Waals surface area contributed by atoms with E-state index in [4.69, 9.17) is 28.0 Å². The van der Waals surface area contributed by atoms with E-state index in [9.17, 15) is 22.9 Å². The average molecular weight is 818 g/mol. The second-order valence-corrected chi connectivity index (χ2v) is 18.8. The first-order valence-electron chi connectivity index (χ1n) is 19.1. The van der Waals surface area contributed by atoms with Crippen LogP contribution in [0.3, 0.4) is 0 Å². The van der Waals surface area contributed by atoms with Gasteiger partial charge in [-0.05, 0) is 80.1 Å². The Morgan fingerprint density at radius 2 is 1.64 bits per heavy atom. The minimum Gasteiger partial charge on any atom is -0.497 e. The van der Waals surface area contributed by atoms with Gasteiger partial charge in [0.1, 0.15) is 17.6 Å². The molecule has 0 radical (unpaired) electrons. The van der Waals surface area contributed by atoms with E-state index >= 15 is 0 Å². The summed E-state index contributed by atoms with van der Waals surface area (Å²) in [5.41, 5.74) is 1.75. The number of ether oxygens (including phenoxy) is 4. The number of benzene rings is 3. The second kappa shape index (κ2) is 20.2. The molecule has 0 aliphatic carbocycles. The third-order valence-corrected chi connectivity index (χ3v) is 13.2. The van der Waals surface area contributed by atoms with Crippen LogP contribution in [0.1, 0.15) is 45.2 Å². The van der Waals surface area contributed by atoms with Crippen molar-refractivity contribution in [3.05, 3.63) is 90.0 Å². The molecule has 16 heteroatoms. The monoisotopic (exact) mass is 817 g/mol. The van der Waals surface area contributed by atoms with E-state index in [0.717, 1.165) is 11.1 Å². The van der Waals surface area contributed by atoms with Gasteiger partial charge in [0.2, 0.25) is 10.0 Å². The number of sulfonamides is 1. The van der Waals surface area contributed by atoms with Crippen LogP contribution in [0.5, 0.6) is 11.5 Å². The summed E-state index contributed by atoms with van der Waals surface area (Å²) in [5, 5.41) is 17.9. The quantitative estimate of drug-likeness (QED) is 0.0902. The minimum atomic E-state index is -4.02. The molecule has 0 aromatic heterocycles. The number of alkyl carbamates (subject to hydrolysis) is 1. The fourth-order valence-corrected chi connectivity index (χ4v) is 10.0. The highest BCUT2D eigenvalue weighted by molar-refractivity contribution is 7.89. The van der Waals surface area contributed by atoms with Crippen LogP contribution in [0.2, 0.25) is 0 Å². The Morgan fingerprint density at radius 3 is 2.30 bits per heavy atom. The van der Waals surface area contributed by atoms with Gasteiger partial charge in [0.15, 0.2) is 6.29 Å². The van der Waals surface area contributed by atoms with Crippen molar-refractivity contribution in [2.24, 2.45) is 11.8 Å². The number of fused-ring (bicyclic) bond motifs is 1. The molecule has 0 bridgehead atoms. The summed E-state index contributed by atoms with van der Waals surface area (Å²) in [6, 6.07) is 21.7. The number of carbonyl (C=O) groups excluding carboxylic acids is 1. The summed E-state index contributed by atoms with van der Waals surface area (Å²) in [5.74, 6) is 0.868. The van der Waals surface area contributed by atoms with E-state index in [2.05, 4.69) is 10.6 Å². The number of hydrogen-bond acceptors (Lipinski definition) is 12. The fraction of sp³-hybridized carbons (Fsp3) is 0.525. The number of hydrogen-bond donors (Lipinski definition) is 3. The van der Waals surface area contributed by atoms with Crippen LogP contribution in [0.15, 0.2) is 83.8 Å². The number of aliphatic hydroxyl groups excluding tert-OH is 1. The van der Waals surface area contributed by atoms with Crippen molar-refractivity contribution in [3.8, 4) is 11.5 Å². The normalized spacial score (nSPS) is 20.4. The Kier molecular flexibility index (Phi) is 15.8. The van der Waals surface area contributed by atoms with Crippen LogP contribution >= 0.6 is 7.60 Å². The maximum absolute atomic E-state index is 13.9. The Morgan fingerprint density at radius 1 is 0.946 bits per heavy atom. The molecular formula is C40H56N3O11PS. The lowest BCUT2D eigenvalue weighted by atomic mass is 10.00. The van der Waals surface area contributed by atoms with Gasteiger partial charge in [-0.2, -0.15) is 4.31 Å². The lowest BCUT2D eigenvalue weighted by Crippen LogP contribution is -2.51. The van der Waals surface area contributed by atoms with E-state index in [1.165, 1.54) is 23.5 Å². The van der Waals surface area contributed by atoms with Crippen LogP contribution in [0.4, 0.5) is 4.79 Å². The highest BCUT2D eigenvalue weighted by atomic mass is 32.2. The number of carbonyl (C=O) groups is 1. The summed E-state index contributed by atoms with van der Waals surface area (Å²) >= 11 is 0.